The fourth-order valence-electron chi connectivity index (χ4n) is 0.664. The smallest absolute Gasteiger partial charge is 0.235 e. The van der Waals surface area contributed by atoms with Gasteiger partial charge < -0.3 is 10.2 Å². The zero-order valence-electron chi connectivity index (χ0n) is 7.40. The maximum Gasteiger partial charge on any atom is 0.235 e. The zero-order chi connectivity index (χ0) is 9.35. The molecule has 0 saturated heterocycles. The Hall–Kier alpha value is -0.550. The van der Waals surface area contributed by atoms with Gasteiger partial charge in [0.1, 0.15) is 0 Å². The molecule has 1 heterocycles. The summed E-state index contributed by atoms with van der Waals surface area (Å²) in [7, 11) is 0. The van der Waals surface area contributed by atoms with Crippen molar-refractivity contribution in [3.8, 4) is 0 Å². The molecule has 4 nitrogen and oxygen atoms in total. The van der Waals surface area contributed by atoms with E-state index in [0.717, 1.165) is 0 Å². The number of nitrogens with two attached hydrogens (primary N) is 1. The Morgan fingerprint density at radius 2 is 2.08 bits per heavy atom. The lowest BCUT2D eigenvalue weighted by molar-refractivity contribution is 0.360. The van der Waals surface area contributed by atoms with Crippen LogP contribution in [0.4, 0.5) is 0 Å². The number of rotatable bonds is 2. The molecule has 1 aromatic rings. The van der Waals surface area contributed by atoms with Crippen LogP contribution in [-0.4, -0.2) is 10.2 Å². The van der Waals surface area contributed by atoms with Crippen LogP contribution < -0.4 is 5.73 Å². The van der Waals surface area contributed by atoms with E-state index in [2.05, 4.69) is 22.8 Å². The van der Waals surface area contributed by atoms with Crippen LogP contribution in [0.3, 0.4) is 0 Å². The van der Waals surface area contributed by atoms with Gasteiger partial charge in [-0.05, 0) is 20.8 Å². The van der Waals surface area contributed by atoms with Crippen LogP contribution in [-0.2, 0) is 5.54 Å². The van der Waals surface area contributed by atoms with Gasteiger partial charge in [0.15, 0.2) is 0 Å². The van der Waals surface area contributed by atoms with Crippen molar-refractivity contribution in [2.24, 2.45) is 5.73 Å². The molecule has 68 valence electrons. The molecule has 0 fully saturated rings. The van der Waals surface area contributed by atoms with Gasteiger partial charge in [0.05, 0.1) is 10.8 Å². The van der Waals surface area contributed by atoms with Gasteiger partial charge in [-0.15, -0.1) is 10.2 Å². The monoisotopic (exact) mass is 187 g/mol. The average Bonchev–Trinajstić information content (AvgIpc) is 2.30. The van der Waals surface area contributed by atoms with Crippen LogP contribution >= 0.6 is 12.6 Å². The minimum absolute atomic E-state index is 0.0476. The molecule has 0 bridgehead atoms. The van der Waals surface area contributed by atoms with E-state index >= 15 is 0 Å². The Labute approximate surface area is 77.0 Å². The van der Waals surface area contributed by atoms with Gasteiger partial charge in [0.25, 0.3) is 0 Å². The summed E-state index contributed by atoms with van der Waals surface area (Å²) in [6.07, 6.45) is 0. The Kier molecular flexibility index (Phi) is 2.44. The normalized spacial score (nSPS) is 14.8. The lowest BCUT2D eigenvalue weighted by atomic mass is 10.1. The molecule has 0 radical (unpaired) electrons. The molecule has 0 aliphatic rings. The maximum atomic E-state index is 5.75. The van der Waals surface area contributed by atoms with Crippen molar-refractivity contribution in [2.45, 2.75) is 31.6 Å². The minimum Gasteiger partial charge on any atom is -0.422 e. The average molecular weight is 187 g/mol. The fraction of sp³-hybridized carbons (Fsp3) is 0.714. The topological polar surface area (TPSA) is 64.9 Å². The van der Waals surface area contributed by atoms with Crippen LogP contribution in [0.2, 0.25) is 0 Å². The summed E-state index contributed by atoms with van der Waals surface area (Å²) < 4.78 is 5.29. The molecule has 2 N–H and O–H groups in total. The second-order valence-electron chi connectivity index (χ2n) is 3.34. The highest BCUT2D eigenvalue weighted by atomic mass is 32.1. The molecular weight excluding hydrogens is 174 g/mol. The fourth-order valence-corrected chi connectivity index (χ4v) is 0.768. The van der Waals surface area contributed by atoms with E-state index in [4.69, 9.17) is 10.2 Å². The third-order valence-corrected chi connectivity index (χ3v) is 1.57. The molecule has 0 amide bonds. The third kappa shape index (κ3) is 1.98. The Balaban J connectivity index is 2.92. The molecule has 1 atom stereocenters. The molecule has 12 heavy (non-hydrogen) atoms. The van der Waals surface area contributed by atoms with E-state index in [-0.39, 0.29) is 5.25 Å². The molecule has 0 aromatic carbocycles. The number of nitrogens with zero attached hydrogens (tertiary/aromatic N) is 2. The van der Waals surface area contributed by atoms with E-state index in [1.807, 2.05) is 20.8 Å². The first-order chi connectivity index (χ1) is 5.41. The van der Waals surface area contributed by atoms with E-state index in [1.165, 1.54) is 0 Å². The number of thiol groups is 1. The highest BCUT2D eigenvalue weighted by Crippen LogP contribution is 2.21. The van der Waals surface area contributed by atoms with Gasteiger partial charge in [-0.25, -0.2) is 0 Å². The van der Waals surface area contributed by atoms with Crippen molar-refractivity contribution >= 4 is 12.6 Å². The standard InChI is InChI=1S/C7H13N3OS/c1-4(12)5-9-10-6(11-5)7(2,3)8/h4,12H,8H2,1-3H3. The summed E-state index contributed by atoms with van der Waals surface area (Å²) in [6, 6.07) is 0. The first-order valence-electron chi connectivity index (χ1n) is 3.72. The quantitative estimate of drug-likeness (QED) is 0.684. The SMILES string of the molecule is CC(S)c1nnc(C(C)(C)N)o1. The summed E-state index contributed by atoms with van der Waals surface area (Å²) in [6.45, 7) is 5.49. The molecule has 0 aliphatic heterocycles. The number of aromatic nitrogens is 2. The van der Waals surface area contributed by atoms with E-state index in [0.29, 0.717) is 11.8 Å². The predicted octanol–water partition coefficient (Wildman–Crippen LogP) is 1.25. The van der Waals surface area contributed by atoms with E-state index < -0.39 is 5.54 Å². The first kappa shape index (κ1) is 9.54. The lowest BCUT2D eigenvalue weighted by Gasteiger charge is -2.11. The second kappa shape index (κ2) is 3.06. The van der Waals surface area contributed by atoms with Crippen LogP contribution in [0.25, 0.3) is 0 Å². The van der Waals surface area contributed by atoms with Crippen molar-refractivity contribution < 1.29 is 4.42 Å². The van der Waals surface area contributed by atoms with Crippen LogP contribution in [0.1, 0.15) is 37.8 Å². The molecule has 1 unspecified atom stereocenters. The largest absolute Gasteiger partial charge is 0.422 e. The first-order valence-corrected chi connectivity index (χ1v) is 4.23. The predicted molar refractivity (Wildman–Crippen MR) is 48.9 cm³/mol. The van der Waals surface area contributed by atoms with Crippen molar-refractivity contribution in [2.75, 3.05) is 0 Å². The molecule has 1 rings (SSSR count). The summed E-state index contributed by atoms with van der Waals surface area (Å²) >= 11 is 4.16. The van der Waals surface area contributed by atoms with Crippen LogP contribution in [0.5, 0.6) is 0 Å². The van der Waals surface area contributed by atoms with Gasteiger partial charge in [-0.2, -0.15) is 12.6 Å². The molecular formula is C7H13N3OS. The highest BCUT2D eigenvalue weighted by Gasteiger charge is 2.22. The molecule has 0 spiro atoms. The van der Waals surface area contributed by atoms with Gasteiger partial charge >= 0.3 is 0 Å². The van der Waals surface area contributed by atoms with E-state index in [1.54, 1.807) is 0 Å². The van der Waals surface area contributed by atoms with Crippen molar-refractivity contribution in [3.05, 3.63) is 11.8 Å². The van der Waals surface area contributed by atoms with Gasteiger partial charge in [-0.3, -0.25) is 0 Å². The van der Waals surface area contributed by atoms with Crippen molar-refractivity contribution in [3.63, 3.8) is 0 Å². The van der Waals surface area contributed by atoms with Crippen molar-refractivity contribution in [1.29, 1.82) is 0 Å². The second-order valence-corrected chi connectivity index (χ2v) is 4.12. The Bertz CT molecular complexity index is 264. The van der Waals surface area contributed by atoms with Crippen molar-refractivity contribution in [1.82, 2.24) is 10.2 Å². The third-order valence-electron chi connectivity index (χ3n) is 1.35. The summed E-state index contributed by atoms with van der Waals surface area (Å²) in [5.74, 6) is 0.949. The lowest BCUT2D eigenvalue weighted by Crippen LogP contribution is -2.29. The summed E-state index contributed by atoms with van der Waals surface area (Å²) in [4.78, 5) is 0. The van der Waals surface area contributed by atoms with E-state index in [9.17, 15) is 0 Å². The Morgan fingerprint density at radius 3 is 2.33 bits per heavy atom. The zero-order valence-corrected chi connectivity index (χ0v) is 8.30. The van der Waals surface area contributed by atoms with Gasteiger partial charge in [0.2, 0.25) is 11.8 Å². The van der Waals surface area contributed by atoms with Gasteiger partial charge in [0, 0.05) is 0 Å². The number of hydrogen-bond donors (Lipinski definition) is 2. The molecule has 1 aromatic heterocycles. The molecule has 0 saturated carbocycles. The number of hydrogen-bond acceptors (Lipinski definition) is 5. The minimum atomic E-state index is -0.575. The Morgan fingerprint density at radius 1 is 1.50 bits per heavy atom. The summed E-state index contributed by atoms with van der Waals surface area (Å²) in [5.41, 5.74) is 5.17. The highest BCUT2D eigenvalue weighted by molar-refractivity contribution is 7.80. The van der Waals surface area contributed by atoms with Crippen LogP contribution in [0, 0.1) is 0 Å². The summed E-state index contributed by atoms with van der Waals surface area (Å²) in [5, 5.41) is 7.58. The van der Waals surface area contributed by atoms with Crippen LogP contribution in [0.15, 0.2) is 4.42 Å². The molecule has 0 aliphatic carbocycles. The van der Waals surface area contributed by atoms with Gasteiger partial charge in [-0.1, -0.05) is 0 Å². The maximum absolute atomic E-state index is 5.75. The molecule has 5 heteroatoms.